The number of carbonyl (C=O) groups is 1. The molecule has 0 fully saturated rings. The summed E-state index contributed by atoms with van der Waals surface area (Å²) >= 11 is 1.26. The van der Waals surface area contributed by atoms with E-state index < -0.39 is 12.4 Å². The molecule has 154 valence electrons. The fourth-order valence-corrected chi connectivity index (χ4v) is 3.32. The number of anilines is 1. The van der Waals surface area contributed by atoms with E-state index in [4.69, 9.17) is 0 Å². The predicted octanol–water partition coefficient (Wildman–Crippen LogP) is 0.828. The SMILES string of the molecule is CNC(=O)c1cn(CC(F)CCc2nnc(NC(O)Cc3ccccn3)s2)nn1. The number of rotatable bonds is 10. The summed E-state index contributed by atoms with van der Waals surface area (Å²) in [6.07, 6.45) is 2.00. The lowest BCUT2D eigenvalue weighted by Crippen LogP contribution is -2.21. The third-order valence-corrected chi connectivity index (χ3v) is 4.85. The molecule has 2 unspecified atom stereocenters. The summed E-state index contributed by atoms with van der Waals surface area (Å²) in [6.45, 7) is -0.00328. The molecule has 3 aromatic heterocycles. The van der Waals surface area contributed by atoms with E-state index in [1.165, 1.54) is 29.3 Å². The molecular weight excluding hydrogens is 399 g/mol. The normalized spacial score (nSPS) is 13.1. The fraction of sp³-hybridized carbons (Fsp3) is 0.412. The molecule has 1 amide bonds. The molecule has 3 rings (SSSR count). The van der Waals surface area contributed by atoms with Crippen molar-refractivity contribution in [3.63, 3.8) is 0 Å². The van der Waals surface area contributed by atoms with Crippen LogP contribution in [0.1, 0.15) is 27.6 Å². The zero-order chi connectivity index (χ0) is 20.6. The summed E-state index contributed by atoms with van der Waals surface area (Å²) in [5, 5.41) is 31.9. The highest BCUT2D eigenvalue weighted by Gasteiger charge is 2.15. The average Bonchev–Trinajstić information content (AvgIpc) is 3.36. The molecule has 2 atom stereocenters. The maximum Gasteiger partial charge on any atom is 0.273 e. The molecule has 10 nitrogen and oxygen atoms in total. The van der Waals surface area contributed by atoms with Crippen molar-refractivity contribution in [3.05, 3.63) is 47.0 Å². The summed E-state index contributed by atoms with van der Waals surface area (Å²) in [7, 11) is 1.49. The van der Waals surface area contributed by atoms with Crippen molar-refractivity contribution in [2.75, 3.05) is 12.4 Å². The van der Waals surface area contributed by atoms with Crippen LogP contribution in [0.5, 0.6) is 0 Å². The second kappa shape index (κ2) is 9.98. The second-order valence-corrected chi connectivity index (χ2v) is 7.29. The topological polar surface area (TPSA) is 131 Å². The van der Waals surface area contributed by atoms with Gasteiger partial charge in [0.05, 0.1) is 12.7 Å². The molecule has 0 bridgehead atoms. The molecule has 0 aliphatic rings. The molecule has 0 saturated carbocycles. The largest absolute Gasteiger partial charge is 0.373 e. The van der Waals surface area contributed by atoms with Gasteiger partial charge in [-0.3, -0.25) is 9.78 Å². The summed E-state index contributed by atoms with van der Waals surface area (Å²) in [5.74, 6) is -0.370. The van der Waals surface area contributed by atoms with Gasteiger partial charge in [-0.25, -0.2) is 9.07 Å². The van der Waals surface area contributed by atoms with E-state index >= 15 is 0 Å². The summed E-state index contributed by atoms with van der Waals surface area (Å²) in [5.41, 5.74) is 0.897. The Bertz CT molecular complexity index is 919. The quantitative estimate of drug-likeness (QED) is 0.411. The minimum Gasteiger partial charge on any atom is -0.373 e. The van der Waals surface area contributed by atoms with Crippen molar-refractivity contribution in [1.29, 1.82) is 0 Å². The van der Waals surface area contributed by atoms with Crippen LogP contribution in [0, 0.1) is 0 Å². The van der Waals surface area contributed by atoms with E-state index in [9.17, 15) is 14.3 Å². The minimum atomic E-state index is -1.18. The molecular formula is C17H21FN8O2S. The Morgan fingerprint density at radius 3 is 2.97 bits per heavy atom. The predicted molar refractivity (Wildman–Crippen MR) is 104 cm³/mol. The van der Waals surface area contributed by atoms with Crippen LogP contribution in [0.15, 0.2) is 30.6 Å². The van der Waals surface area contributed by atoms with E-state index in [0.29, 0.717) is 23.0 Å². The zero-order valence-corrected chi connectivity index (χ0v) is 16.5. The highest BCUT2D eigenvalue weighted by atomic mass is 32.1. The monoisotopic (exact) mass is 420 g/mol. The smallest absolute Gasteiger partial charge is 0.273 e. The van der Waals surface area contributed by atoms with E-state index in [1.54, 1.807) is 6.20 Å². The Morgan fingerprint density at radius 2 is 2.21 bits per heavy atom. The molecule has 3 aromatic rings. The van der Waals surface area contributed by atoms with Gasteiger partial charge in [-0.05, 0) is 18.6 Å². The van der Waals surface area contributed by atoms with Crippen LogP contribution in [0.2, 0.25) is 0 Å². The maximum atomic E-state index is 14.2. The van der Waals surface area contributed by atoms with Gasteiger partial charge in [0, 0.05) is 31.8 Å². The Kier molecular flexibility index (Phi) is 7.14. The molecule has 29 heavy (non-hydrogen) atoms. The van der Waals surface area contributed by atoms with Crippen LogP contribution in [0.25, 0.3) is 0 Å². The Morgan fingerprint density at radius 1 is 1.34 bits per heavy atom. The third kappa shape index (κ3) is 6.26. The third-order valence-electron chi connectivity index (χ3n) is 3.94. The van der Waals surface area contributed by atoms with Crippen LogP contribution in [0.4, 0.5) is 9.52 Å². The number of aromatic nitrogens is 6. The summed E-state index contributed by atoms with van der Waals surface area (Å²) in [4.78, 5) is 15.6. The lowest BCUT2D eigenvalue weighted by molar-refractivity contribution is 0.0958. The van der Waals surface area contributed by atoms with E-state index in [0.717, 1.165) is 5.69 Å². The number of aliphatic hydroxyl groups is 1. The van der Waals surface area contributed by atoms with Crippen molar-refractivity contribution < 1.29 is 14.3 Å². The van der Waals surface area contributed by atoms with Crippen molar-refractivity contribution in [2.45, 2.75) is 38.2 Å². The highest BCUT2D eigenvalue weighted by molar-refractivity contribution is 7.15. The number of carbonyl (C=O) groups excluding carboxylic acids is 1. The van der Waals surface area contributed by atoms with Gasteiger partial charge in [-0.1, -0.05) is 22.6 Å². The molecule has 0 aliphatic heterocycles. The number of amides is 1. The summed E-state index contributed by atoms with van der Waals surface area (Å²) in [6, 6.07) is 5.48. The van der Waals surface area contributed by atoms with Gasteiger partial charge in [0.2, 0.25) is 5.13 Å². The molecule has 3 N–H and O–H groups in total. The van der Waals surface area contributed by atoms with Gasteiger partial charge >= 0.3 is 0 Å². The molecule has 3 heterocycles. The molecule has 0 saturated heterocycles. The molecule has 12 heteroatoms. The van der Waals surface area contributed by atoms with Gasteiger partial charge in [-0.15, -0.1) is 15.3 Å². The number of aryl methyl sites for hydroxylation is 1. The second-order valence-electron chi connectivity index (χ2n) is 6.23. The first-order valence-corrected chi connectivity index (χ1v) is 9.78. The van der Waals surface area contributed by atoms with Crippen LogP contribution in [0.3, 0.4) is 0 Å². The van der Waals surface area contributed by atoms with E-state index in [-0.39, 0.29) is 24.6 Å². The van der Waals surface area contributed by atoms with Gasteiger partial charge < -0.3 is 15.7 Å². The number of hydrogen-bond acceptors (Lipinski definition) is 9. The number of nitrogens with zero attached hydrogens (tertiary/aromatic N) is 6. The number of aliphatic hydroxyl groups excluding tert-OH is 1. The molecule has 0 spiro atoms. The van der Waals surface area contributed by atoms with Crippen molar-refractivity contribution >= 4 is 22.4 Å². The number of halogens is 1. The van der Waals surface area contributed by atoms with Gasteiger partial charge in [-0.2, -0.15) is 0 Å². The Labute approximate surface area is 170 Å². The molecule has 0 aromatic carbocycles. The minimum absolute atomic E-state index is 0.00328. The Balaban J connectivity index is 1.43. The van der Waals surface area contributed by atoms with Gasteiger partial charge in [0.1, 0.15) is 17.4 Å². The van der Waals surface area contributed by atoms with E-state index in [1.807, 2.05) is 18.2 Å². The van der Waals surface area contributed by atoms with Gasteiger partial charge in [0.25, 0.3) is 5.91 Å². The maximum absolute atomic E-state index is 14.2. The van der Waals surface area contributed by atoms with Crippen LogP contribution in [-0.2, 0) is 19.4 Å². The van der Waals surface area contributed by atoms with Crippen LogP contribution in [-0.4, -0.2) is 60.6 Å². The number of alkyl halides is 1. The fourth-order valence-electron chi connectivity index (χ4n) is 2.52. The van der Waals surface area contributed by atoms with E-state index in [2.05, 4.69) is 36.1 Å². The Hall–Kier alpha value is -2.99. The first-order chi connectivity index (χ1) is 14.0. The number of hydrogen-bond donors (Lipinski definition) is 3. The zero-order valence-electron chi connectivity index (χ0n) is 15.7. The lowest BCUT2D eigenvalue weighted by atomic mass is 10.2. The standard InChI is InChI=1S/C17H21FN8O2S/c1-19-16(28)13-10-26(25-22-13)9-11(18)5-6-15-23-24-17(29-15)21-14(27)8-12-4-2-3-7-20-12/h2-4,7,10-11,14,27H,5-6,8-9H2,1H3,(H,19,28)(H,21,24). The van der Waals surface area contributed by atoms with Gasteiger partial charge in [0.15, 0.2) is 5.69 Å². The van der Waals surface area contributed by atoms with Crippen molar-refractivity contribution in [1.82, 2.24) is 35.5 Å². The first kappa shape index (κ1) is 20.7. The molecule has 0 aliphatic carbocycles. The van der Waals surface area contributed by atoms with Crippen LogP contribution < -0.4 is 10.6 Å². The first-order valence-electron chi connectivity index (χ1n) is 8.96. The highest BCUT2D eigenvalue weighted by Crippen LogP contribution is 2.19. The molecule has 0 radical (unpaired) electrons. The number of pyridine rings is 1. The lowest BCUT2D eigenvalue weighted by Gasteiger charge is -2.10. The number of nitrogens with one attached hydrogen (secondary N) is 2. The average molecular weight is 420 g/mol. The summed E-state index contributed by atoms with van der Waals surface area (Å²) < 4.78 is 15.5. The van der Waals surface area contributed by atoms with Crippen molar-refractivity contribution in [3.8, 4) is 0 Å². The van der Waals surface area contributed by atoms with Crippen LogP contribution >= 0.6 is 11.3 Å². The van der Waals surface area contributed by atoms with Crippen molar-refractivity contribution in [2.24, 2.45) is 0 Å².